The third-order valence-corrected chi connectivity index (χ3v) is 3.07. The van der Waals surface area contributed by atoms with Crippen LogP contribution in [0.3, 0.4) is 0 Å². The van der Waals surface area contributed by atoms with E-state index in [4.69, 9.17) is 4.74 Å². The van der Waals surface area contributed by atoms with Crippen LogP contribution < -0.4 is 4.74 Å². The van der Waals surface area contributed by atoms with Crippen molar-refractivity contribution in [3.63, 3.8) is 0 Å². The highest BCUT2D eigenvalue weighted by molar-refractivity contribution is 5.76. The van der Waals surface area contributed by atoms with Gasteiger partial charge in [0.15, 0.2) is 0 Å². The molecule has 1 atom stereocenters. The Hall–Kier alpha value is -1.58. The third kappa shape index (κ3) is 2.15. The maximum Gasteiger partial charge on any atom is 0.222 e. The van der Waals surface area contributed by atoms with Crippen LogP contribution in [0, 0.1) is 0 Å². The molecule has 0 radical (unpaired) electrons. The van der Waals surface area contributed by atoms with Gasteiger partial charge in [0.2, 0.25) is 11.8 Å². The number of methoxy groups -OCH3 is 1. The number of hydrogen-bond donors (Lipinski definition) is 0. The molecule has 1 amide bonds. The number of ether oxygens (including phenoxy) is 1. The topological polar surface area (TPSA) is 42.4 Å². The number of hydrogen-bond acceptors (Lipinski definition) is 3. The number of carbonyl (C=O) groups excluding carboxylic acids is 1. The maximum absolute atomic E-state index is 11.4. The number of pyridine rings is 1. The van der Waals surface area contributed by atoms with Crippen molar-refractivity contribution < 1.29 is 9.53 Å². The lowest BCUT2D eigenvalue weighted by Crippen LogP contribution is -2.35. The summed E-state index contributed by atoms with van der Waals surface area (Å²) in [5.41, 5.74) is 1.18. The Morgan fingerprint density at radius 3 is 2.88 bits per heavy atom. The van der Waals surface area contributed by atoms with Crippen molar-refractivity contribution in [1.82, 2.24) is 9.88 Å². The second kappa shape index (κ2) is 4.51. The summed E-state index contributed by atoms with van der Waals surface area (Å²) in [5.74, 6) is 1.27. The highest BCUT2D eigenvalue weighted by atomic mass is 16.5. The monoisotopic (exact) mass is 220 g/mol. The molecule has 86 valence electrons. The van der Waals surface area contributed by atoms with Gasteiger partial charge in [-0.05, 0) is 12.0 Å². The molecular weight excluding hydrogens is 204 g/mol. The fourth-order valence-corrected chi connectivity index (χ4v) is 2.04. The van der Waals surface area contributed by atoms with Crippen molar-refractivity contribution in [1.29, 1.82) is 0 Å². The molecule has 16 heavy (non-hydrogen) atoms. The van der Waals surface area contributed by atoms with Gasteiger partial charge >= 0.3 is 0 Å². The van der Waals surface area contributed by atoms with E-state index in [1.54, 1.807) is 12.0 Å². The van der Waals surface area contributed by atoms with E-state index in [1.165, 1.54) is 5.56 Å². The van der Waals surface area contributed by atoms with Gasteiger partial charge < -0.3 is 9.64 Å². The van der Waals surface area contributed by atoms with Gasteiger partial charge in [-0.2, -0.15) is 0 Å². The fourth-order valence-electron chi connectivity index (χ4n) is 2.04. The van der Waals surface area contributed by atoms with Crippen LogP contribution in [0.15, 0.2) is 18.3 Å². The summed E-state index contributed by atoms with van der Waals surface area (Å²) >= 11 is 0. The average molecular weight is 220 g/mol. The van der Waals surface area contributed by atoms with Crippen molar-refractivity contribution in [2.75, 3.05) is 20.7 Å². The Morgan fingerprint density at radius 2 is 2.31 bits per heavy atom. The van der Waals surface area contributed by atoms with Gasteiger partial charge in [0.05, 0.1) is 7.11 Å². The highest BCUT2D eigenvalue weighted by Crippen LogP contribution is 2.26. The van der Waals surface area contributed by atoms with E-state index in [1.807, 2.05) is 25.4 Å². The van der Waals surface area contributed by atoms with Crippen LogP contribution >= 0.6 is 0 Å². The molecule has 1 aromatic rings. The quantitative estimate of drug-likeness (QED) is 0.757. The predicted octanol–water partition coefficient (Wildman–Crippen LogP) is 1.43. The van der Waals surface area contributed by atoms with Gasteiger partial charge in [-0.15, -0.1) is 0 Å². The molecule has 4 heteroatoms. The normalized spacial score (nSPS) is 21.0. The van der Waals surface area contributed by atoms with Gasteiger partial charge in [-0.25, -0.2) is 4.98 Å². The molecule has 0 bridgehead atoms. The summed E-state index contributed by atoms with van der Waals surface area (Å²) in [6.07, 6.45) is 3.39. The number of likely N-dealkylation sites (tertiary alicyclic amines) is 1. The zero-order chi connectivity index (χ0) is 11.5. The molecule has 0 aromatic carbocycles. The SMILES string of the molecule is COc1ccc(C2CCC(=O)N(C)C2)cn1. The summed E-state index contributed by atoms with van der Waals surface area (Å²) in [4.78, 5) is 17.3. The number of amides is 1. The molecule has 1 fully saturated rings. The van der Waals surface area contributed by atoms with Crippen molar-refractivity contribution in [3.8, 4) is 5.88 Å². The summed E-state index contributed by atoms with van der Waals surface area (Å²) in [6.45, 7) is 0.785. The van der Waals surface area contributed by atoms with Gasteiger partial charge in [0.25, 0.3) is 0 Å². The number of nitrogens with zero attached hydrogens (tertiary/aromatic N) is 2. The van der Waals surface area contributed by atoms with E-state index in [-0.39, 0.29) is 5.91 Å². The second-order valence-electron chi connectivity index (χ2n) is 4.14. The largest absolute Gasteiger partial charge is 0.481 e. The zero-order valence-corrected chi connectivity index (χ0v) is 9.64. The van der Waals surface area contributed by atoms with Gasteiger partial charge in [-0.3, -0.25) is 4.79 Å². The molecular formula is C12H16N2O2. The first kappa shape index (κ1) is 10.9. The summed E-state index contributed by atoms with van der Waals surface area (Å²) in [5, 5.41) is 0. The Morgan fingerprint density at radius 1 is 1.50 bits per heavy atom. The Balaban J connectivity index is 2.09. The molecule has 1 aliphatic rings. The third-order valence-electron chi connectivity index (χ3n) is 3.07. The number of rotatable bonds is 2. The van der Waals surface area contributed by atoms with Crippen LogP contribution in [0.2, 0.25) is 0 Å². The van der Waals surface area contributed by atoms with E-state index in [2.05, 4.69) is 4.98 Å². The summed E-state index contributed by atoms with van der Waals surface area (Å²) < 4.78 is 5.02. The van der Waals surface area contributed by atoms with Crippen molar-refractivity contribution >= 4 is 5.91 Å². The maximum atomic E-state index is 11.4. The van der Waals surface area contributed by atoms with Gasteiger partial charge in [0, 0.05) is 38.2 Å². The van der Waals surface area contributed by atoms with Crippen LogP contribution in [-0.2, 0) is 4.79 Å². The van der Waals surface area contributed by atoms with E-state index in [9.17, 15) is 4.79 Å². The van der Waals surface area contributed by atoms with Crippen molar-refractivity contribution in [2.45, 2.75) is 18.8 Å². The first-order valence-corrected chi connectivity index (χ1v) is 5.44. The van der Waals surface area contributed by atoms with Crippen LogP contribution in [-0.4, -0.2) is 36.5 Å². The minimum atomic E-state index is 0.234. The van der Waals surface area contributed by atoms with Crippen molar-refractivity contribution in [2.24, 2.45) is 0 Å². The molecule has 0 aliphatic carbocycles. The summed E-state index contributed by atoms with van der Waals surface area (Å²) in [7, 11) is 3.46. The predicted molar refractivity (Wildman–Crippen MR) is 60.4 cm³/mol. The molecule has 1 aromatic heterocycles. The molecule has 0 saturated carbocycles. The van der Waals surface area contributed by atoms with Gasteiger partial charge in [0.1, 0.15) is 0 Å². The smallest absolute Gasteiger partial charge is 0.222 e. The van der Waals surface area contributed by atoms with Crippen LogP contribution in [0.5, 0.6) is 5.88 Å². The van der Waals surface area contributed by atoms with Crippen LogP contribution in [0.4, 0.5) is 0 Å². The molecule has 0 spiro atoms. The van der Waals surface area contributed by atoms with Crippen LogP contribution in [0.1, 0.15) is 24.3 Å². The lowest BCUT2D eigenvalue weighted by Gasteiger charge is -2.29. The number of carbonyl (C=O) groups is 1. The fraction of sp³-hybridized carbons (Fsp3) is 0.500. The molecule has 1 saturated heterocycles. The van der Waals surface area contributed by atoms with E-state index in [0.717, 1.165) is 13.0 Å². The Bertz CT molecular complexity index is 375. The minimum Gasteiger partial charge on any atom is -0.481 e. The number of aromatic nitrogens is 1. The molecule has 4 nitrogen and oxygen atoms in total. The lowest BCUT2D eigenvalue weighted by molar-refractivity contribution is -0.132. The Kier molecular flexibility index (Phi) is 3.08. The average Bonchev–Trinajstić information content (AvgIpc) is 2.33. The summed E-state index contributed by atoms with van der Waals surface area (Å²) in [6, 6.07) is 3.89. The first-order valence-electron chi connectivity index (χ1n) is 5.44. The minimum absolute atomic E-state index is 0.234. The van der Waals surface area contributed by atoms with Crippen LogP contribution in [0.25, 0.3) is 0 Å². The zero-order valence-electron chi connectivity index (χ0n) is 9.64. The highest BCUT2D eigenvalue weighted by Gasteiger charge is 2.24. The molecule has 0 N–H and O–H groups in total. The molecule has 2 heterocycles. The van der Waals surface area contributed by atoms with Gasteiger partial charge in [-0.1, -0.05) is 6.07 Å². The molecule has 1 aliphatic heterocycles. The van der Waals surface area contributed by atoms with E-state index >= 15 is 0 Å². The van der Waals surface area contributed by atoms with E-state index < -0.39 is 0 Å². The first-order chi connectivity index (χ1) is 7.70. The number of likely N-dealkylation sites (N-methyl/N-ethyl adjacent to an activating group) is 1. The molecule has 2 rings (SSSR count). The second-order valence-corrected chi connectivity index (χ2v) is 4.14. The number of piperidine rings is 1. The van der Waals surface area contributed by atoms with E-state index in [0.29, 0.717) is 18.2 Å². The Labute approximate surface area is 95.2 Å². The van der Waals surface area contributed by atoms with Crippen molar-refractivity contribution in [3.05, 3.63) is 23.9 Å². The molecule has 1 unspecified atom stereocenters. The standard InChI is InChI=1S/C12H16N2O2/c1-14-8-10(4-6-12(14)15)9-3-5-11(16-2)13-7-9/h3,5,7,10H,4,6,8H2,1-2H3. The lowest BCUT2D eigenvalue weighted by atomic mass is 9.92.